The highest BCUT2D eigenvalue weighted by Gasteiger charge is 2.12. The van der Waals surface area contributed by atoms with Gasteiger partial charge in [-0.3, -0.25) is 19.6 Å². The van der Waals surface area contributed by atoms with Gasteiger partial charge in [0.25, 0.3) is 5.91 Å². The summed E-state index contributed by atoms with van der Waals surface area (Å²) in [6, 6.07) is 9.95. The first-order valence-corrected chi connectivity index (χ1v) is 9.78. The van der Waals surface area contributed by atoms with E-state index in [0.717, 1.165) is 11.8 Å². The van der Waals surface area contributed by atoms with Gasteiger partial charge in [0.2, 0.25) is 0 Å². The Morgan fingerprint density at radius 1 is 1.20 bits per heavy atom. The molecule has 0 aliphatic rings. The molecule has 156 valence electrons. The van der Waals surface area contributed by atoms with Gasteiger partial charge >= 0.3 is 5.69 Å². The van der Waals surface area contributed by atoms with Crippen LogP contribution >= 0.6 is 34.8 Å². The van der Waals surface area contributed by atoms with Crippen LogP contribution in [-0.4, -0.2) is 27.2 Å². The lowest BCUT2D eigenvalue weighted by atomic mass is 10.1. The standard InChI is InChI=1S/C19H15Cl3N4O4/c20-14-7-16(21)18(17(22)8-14)30-11-12-2-1-3-13(6-12)19(27)23-4-5-25-10-15(9-24-25)26(28)29/h1-3,6-10H,4-5,11H2,(H,23,27). The van der Waals surface area contributed by atoms with Gasteiger partial charge in [0.1, 0.15) is 19.0 Å². The molecule has 1 heterocycles. The SMILES string of the molecule is O=C(NCCn1cc([N+](=O)[O-])cn1)c1cccc(COc2c(Cl)cc(Cl)cc2Cl)c1. The Morgan fingerprint density at radius 3 is 2.60 bits per heavy atom. The highest BCUT2D eigenvalue weighted by Crippen LogP contribution is 2.36. The predicted octanol–water partition coefficient (Wildman–Crippen LogP) is 4.76. The zero-order valence-electron chi connectivity index (χ0n) is 15.3. The van der Waals surface area contributed by atoms with Crippen molar-refractivity contribution in [3.05, 3.63) is 85.1 Å². The fourth-order valence-corrected chi connectivity index (χ4v) is 3.51. The fourth-order valence-electron chi connectivity index (χ4n) is 2.58. The molecule has 0 saturated carbocycles. The van der Waals surface area contributed by atoms with E-state index in [1.165, 1.54) is 23.0 Å². The van der Waals surface area contributed by atoms with Crippen LogP contribution in [0, 0.1) is 10.1 Å². The van der Waals surface area contributed by atoms with Crippen molar-refractivity contribution in [1.82, 2.24) is 15.1 Å². The molecule has 1 aromatic heterocycles. The molecule has 0 unspecified atom stereocenters. The quantitative estimate of drug-likeness (QED) is 0.379. The topological polar surface area (TPSA) is 99.3 Å². The Balaban J connectivity index is 1.56. The van der Waals surface area contributed by atoms with Gasteiger partial charge in [-0.2, -0.15) is 5.10 Å². The molecule has 0 radical (unpaired) electrons. The van der Waals surface area contributed by atoms with Gasteiger partial charge in [-0.25, -0.2) is 0 Å². The third kappa shape index (κ3) is 5.63. The van der Waals surface area contributed by atoms with E-state index in [-0.39, 0.29) is 24.7 Å². The van der Waals surface area contributed by atoms with E-state index in [1.54, 1.807) is 24.3 Å². The Labute approximate surface area is 186 Å². The number of amides is 1. The highest BCUT2D eigenvalue weighted by atomic mass is 35.5. The summed E-state index contributed by atoms with van der Waals surface area (Å²) >= 11 is 18.1. The molecule has 0 aliphatic carbocycles. The second-order valence-electron chi connectivity index (χ2n) is 6.16. The number of ether oxygens (including phenoxy) is 1. The molecule has 1 amide bonds. The molecule has 0 saturated heterocycles. The van der Waals surface area contributed by atoms with E-state index < -0.39 is 4.92 Å². The number of hydrogen-bond donors (Lipinski definition) is 1. The lowest BCUT2D eigenvalue weighted by Gasteiger charge is -2.11. The number of aromatic nitrogens is 2. The Bertz CT molecular complexity index is 1060. The molecular weight excluding hydrogens is 455 g/mol. The number of rotatable bonds is 8. The third-order valence-electron chi connectivity index (χ3n) is 3.99. The maximum Gasteiger partial charge on any atom is 0.306 e. The number of carbonyl (C=O) groups excluding carboxylic acids is 1. The summed E-state index contributed by atoms with van der Waals surface area (Å²) in [5.74, 6) is 0.0203. The van der Waals surface area contributed by atoms with Crippen molar-refractivity contribution in [2.45, 2.75) is 13.2 Å². The fraction of sp³-hybridized carbons (Fsp3) is 0.158. The molecule has 3 aromatic rings. The molecular formula is C19H15Cl3N4O4. The number of carbonyl (C=O) groups is 1. The maximum absolute atomic E-state index is 12.4. The van der Waals surface area contributed by atoms with Crippen molar-refractivity contribution >= 4 is 46.4 Å². The Morgan fingerprint density at radius 2 is 1.93 bits per heavy atom. The minimum atomic E-state index is -0.528. The number of nitrogens with zero attached hydrogens (tertiary/aromatic N) is 3. The first-order chi connectivity index (χ1) is 14.3. The van der Waals surface area contributed by atoms with Crippen molar-refractivity contribution in [3.8, 4) is 5.75 Å². The number of benzene rings is 2. The van der Waals surface area contributed by atoms with Gasteiger partial charge < -0.3 is 10.1 Å². The van der Waals surface area contributed by atoms with Crippen LogP contribution in [0.2, 0.25) is 15.1 Å². The minimum Gasteiger partial charge on any atom is -0.486 e. The van der Waals surface area contributed by atoms with Crippen LogP contribution < -0.4 is 10.1 Å². The van der Waals surface area contributed by atoms with Crippen molar-refractivity contribution in [3.63, 3.8) is 0 Å². The van der Waals surface area contributed by atoms with E-state index in [2.05, 4.69) is 10.4 Å². The van der Waals surface area contributed by atoms with Crippen LogP contribution in [0.15, 0.2) is 48.8 Å². The van der Waals surface area contributed by atoms with Crippen LogP contribution in [0.25, 0.3) is 0 Å². The summed E-state index contributed by atoms with van der Waals surface area (Å²) in [6.07, 6.45) is 2.46. The summed E-state index contributed by atoms with van der Waals surface area (Å²) in [4.78, 5) is 22.5. The van der Waals surface area contributed by atoms with Crippen LogP contribution in [0.4, 0.5) is 5.69 Å². The molecule has 1 N–H and O–H groups in total. The predicted molar refractivity (Wildman–Crippen MR) is 113 cm³/mol. The number of hydrogen-bond acceptors (Lipinski definition) is 5. The molecule has 2 aromatic carbocycles. The minimum absolute atomic E-state index is 0.102. The summed E-state index contributed by atoms with van der Waals surface area (Å²) in [6.45, 7) is 0.712. The maximum atomic E-state index is 12.4. The number of halogens is 3. The third-order valence-corrected chi connectivity index (χ3v) is 4.77. The molecule has 3 rings (SSSR count). The molecule has 0 aliphatic heterocycles. The second-order valence-corrected chi connectivity index (χ2v) is 7.41. The molecule has 0 spiro atoms. The van der Waals surface area contributed by atoms with Crippen LogP contribution in [-0.2, 0) is 13.2 Å². The van der Waals surface area contributed by atoms with Gasteiger partial charge in [-0.1, -0.05) is 46.9 Å². The van der Waals surface area contributed by atoms with Gasteiger partial charge in [0, 0.05) is 17.1 Å². The second kappa shape index (κ2) is 9.80. The van der Waals surface area contributed by atoms with E-state index in [4.69, 9.17) is 39.5 Å². The van der Waals surface area contributed by atoms with Crippen molar-refractivity contribution in [2.75, 3.05) is 6.54 Å². The van der Waals surface area contributed by atoms with E-state index >= 15 is 0 Å². The van der Waals surface area contributed by atoms with E-state index in [1.807, 2.05) is 0 Å². The summed E-state index contributed by atoms with van der Waals surface area (Å²) in [5.41, 5.74) is 1.08. The summed E-state index contributed by atoms with van der Waals surface area (Å²) < 4.78 is 7.07. The summed E-state index contributed by atoms with van der Waals surface area (Å²) in [5, 5.41) is 18.3. The number of nitro groups is 1. The molecule has 8 nitrogen and oxygen atoms in total. The Kier molecular flexibility index (Phi) is 7.15. The van der Waals surface area contributed by atoms with Crippen molar-refractivity contribution in [2.24, 2.45) is 0 Å². The molecule has 30 heavy (non-hydrogen) atoms. The van der Waals surface area contributed by atoms with Gasteiger partial charge in [-0.15, -0.1) is 0 Å². The monoisotopic (exact) mass is 468 g/mol. The van der Waals surface area contributed by atoms with Crippen molar-refractivity contribution in [1.29, 1.82) is 0 Å². The van der Waals surface area contributed by atoms with Gasteiger partial charge in [0.15, 0.2) is 5.75 Å². The molecule has 11 heteroatoms. The normalized spacial score (nSPS) is 10.6. The van der Waals surface area contributed by atoms with Gasteiger partial charge in [-0.05, 0) is 29.8 Å². The van der Waals surface area contributed by atoms with Crippen LogP contribution in [0.5, 0.6) is 5.75 Å². The zero-order chi connectivity index (χ0) is 21.7. The van der Waals surface area contributed by atoms with Crippen LogP contribution in [0.1, 0.15) is 15.9 Å². The average molecular weight is 470 g/mol. The van der Waals surface area contributed by atoms with E-state index in [9.17, 15) is 14.9 Å². The zero-order valence-corrected chi connectivity index (χ0v) is 17.6. The summed E-state index contributed by atoms with van der Waals surface area (Å²) in [7, 11) is 0. The van der Waals surface area contributed by atoms with Gasteiger partial charge in [0.05, 0.1) is 21.5 Å². The lowest BCUT2D eigenvalue weighted by molar-refractivity contribution is -0.385. The molecule has 0 atom stereocenters. The number of nitrogens with one attached hydrogen (secondary N) is 1. The highest BCUT2D eigenvalue weighted by molar-refractivity contribution is 6.40. The Hall–Kier alpha value is -2.81. The average Bonchev–Trinajstić information content (AvgIpc) is 3.16. The molecule has 0 fully saturated rings. The smallest absolute Gasteiger partial charge is 0.306 e. The first kappa shape index (κ1) is 21.9. The van der Waals surface area contributed by atoms with E-state index in [0.29, 0.717) is 32.9 Å². The first-order valence-electron chi connectivity index (χ1n) is 8.65. The largest absolute Gasteiger partial charge is 0.486 e. The van der Waals surface area contributed by atoms with Crippen LogP contribution in [0.3, 0.4) is 0 Å². The van der Waals surface area contributed by atoms with Crippen molar-refractivity contribution < 1.29 is 14.5 Å². The lowest BCUT2D eigenvalue weighted by Crippen LogP contribution is -2.27. The molecule has 0 bridgehead atoms.